The van der Waals surface area contributed by atoms with Crippen molar-refractivity contribution in [2.75, 3.05) is 7.11 Å². The fourth-order valence-corrected chi connectivity index (χ4v) is 1.93. The lowest BCUT2D eigenvalue weighted by atomic mass is 10.1. The van der Waals surface area contributed by atoms with Crippen LogP contribution in [0, 0.1) is 0 Å². The first kappa shape index (κ1) is 13.2. The first-order valence-corrected chi connectivity index (χ1v) is 5.75. The number of rotatable bonds is 7. The van der Waals surface area contributed by atoms with Crippen LogP contribution in [0.5, 0.6) is 0 Å². The topological polar surface area (TPSA) is 65.1 Å². The molecule has 0 fully saturated rings. The summed E-state index contributed by atoms with van der Waals surface area (Å²) in [4.78, 5) is 4.34. The minimum Gasteiger partial charge on any atom is -0.380 e. The van der Waals surface area contributed by atoms with Crippen molar-refractivity contribution in [3.05, 3.63) is 18.2 Å². The van der Waals surface area contributed by atoms with Crippen molar-refractivity contribution in [2.45, 2.75) is 45.4 Å². The highest BCUT2D eigenvalue weighted by molar-refractivity contribution is 4.96. The van der Waals surface area contributed by atoms with Gasteiger partial charge in [-0.15, -0.1) is 0 Å². The van der Waals surface area contributed by atoms with Crippen LogP contribution in [0.2, 0.25) is 0 Å². The van der Waals surface area contributed by atoms with Crippen molar-refractivity contribution in [3.63, 3.8) is 0 Å². The maximum Gasteiger partial charge on any atom is 0.110 e. The highest BCUT2D eigenvalue weighted by atomic mass is 16.5. The van der Waals surface area contributed by atoms with E-state index in [1.165, 1.54) is 0 Å². The molecule has 0 saturated carbocycles. The van der Waals surface area contributed by atoms with Crippen molar-refractivity contribution in [3.8, 4) is 0 Å². The summed E-state index contributed by atoms with van der Waals surface area (Å²) < 4.78 is 7.51. The number of nitrogens with two attached hydrogens (primary N) is 1. The molecule has 0 radical (unpaired) electrons. The predicted molar refractivity (Wildman–Crippen MR) is 63.8 cm³/mol. The number of nitrogens with zero attached hydrogens (tertiary/aromatic N) is 2. The van der Waals surface area contributed by atoms with E-state index in [0.29, 0.717) is 0 Å². The summed E-state index contributed by atoms with van der Waals surface area (Å²) in [7, 11) is 1.71. The molecular weight excluding hydrogens is 204 g/mol. The monoisotopic (exact) mass is 226 g/mol. The van der Waals surface area contributed by atoms with Crippen molar-refractivity contribution >= 4 is 0 Å². The van der Waals surface area contributed by atoms with Crippen LogP contribution in [-0.2, 0) is 17.7 Å². The molecular formula is C11H22N4O. The Morgan fingerprint density at radius 2 is 2.31 bits per heavy atom. The van der Waals surface area contributed by atoms with Gasteiger partial charge >= 0.3 is 0 Å². The Balaban J connectivity index is 2.69. The van der Waals surface area contributed by atoms with E-state index in [9.17, 15) is 0 Å². The Kier molecular flexibility index (Phi) is 5.45. The number of nitrogens with one attached hydrogen (secondary N) is 1. The molecule has 0 aliphatic carbocycles. The lowest BCUT2D eigenvalue weighted by Crippen LogP contribution is -2.46. The number of hydrogen-bond acceptors (Lipinski definition) is 4. The van der Waals surface area contributed by atoms with E-state index in [2.05, 4.69) is 28.8 Å². The zero-order chi connectivity index (χ0) is 12.0. The number of ether oxygens (including phenoxy) is 1. The minimum atomic E-state index is 0.0997. The second-order valence-electron chi connectivity index (χ2n) is 3.79. The number of hydrogen-bond donors (Lipinski definition) is 2. The molecule has 0 aliphatic heterocycles. The van der Waals surface area contributed by atoms with Crippen LogP contribution in [0.15, 0.2) is 12.4 Å². The van der Waals surface area contributed by atoms with Gasteiger partial charge in [0, 0.05) is 32.5 Å². The van der Waals surface area contributed by atoms with E-state index in [4.69, 9.17) is 10.6 Å². The summed E-state index contributed by atoms with van der Waals surface area (Å²) in [5.74, 6) is 6.61. The zero-order valence-corrected chi connectivity index (χ0v) is 10.3. The molecule has 2 atom stereocenters. The van der Waals surface area contributed by atoms with Crippen molar-refractivity contribution in [2.24, 2.45) is 5.84 Å². The van der Waals surface area contributed by atoms with E-state index in [1.807, 2.05) is 12.4 Å². The summed E-state index contributed by atoms with van der Waals surface area (Å²) >= 11 is 0. The van der Waals surface area contributed by atoms with E-state index in [0.717, 1.165) is 25.2 Å². The van der Waals surface area contributed by atoms with Gasteiger partial charge in [-0.25, -0.2) is 4.98 Å². The van der Waals surface area contributed by atoms with Crippen LogP contribution in [-0.4, -0.2) is 28.8 Å². The van der Waals surface area contributed by atoms with Crippen molar-refractivity contribution in [1.82, 2.24) is 15.0 Å². The van der Waals surface area contributed by atoms with Crippen LogP contribution in [0.3, 0.4) is 0 Å². The van der Waals surface area contributed by atoms with Crippen LogP contribution in [0.1, 0.15) is 26.1 Å². The second-order valence-corrected chi connectivity index (χ2v) is 3.79. The van der Waals surface area contributed by atoms with Crippen LogP contribution in [0.25, 0.3) is 0 Å². The predicted octanol–water partition coefficient (Wildman–Crippen LogP) is 0.702. The molecule has 0 saturated heterocycles. The van der Waals surface area contributed by atoms with Gasteiger partial charge < -0.3 is 9.30 Å². The van der Waals surface area contributed by atoms with Gasteiger partial charge in [-0.1, -0.05) is 6.92 Å². The molecule has 5 nitrogen and oxygen atoms in total. The van der Waals surface area contributed by atoms with Crippen molar-refractivity contribution in [1.29, 1.82) is 0 Å². The molecule has 0 aliphatic rings. The molecule has 16 heavy (non-hydrogen) atoms. The second kappa shape index (κ2) is 6.62. The Bertz CT molecular complexity index is 296. The van der Waals surface area contributed by atoms with E-state index < -0.39 is 0 Å². The molecule has 3 N–H and O–H groups in total. The highest BCUT2D eigenvalue weighted by Crippen LogP contribution is 2.09. The van der Waals surface area contributed by atoms with Crippen LogP contribution in [0.4, 0.5) is 0 Å². The number of aryl methyl sites for hydroxylation is 1. The molecule has 92 valence electrons. The third kappa shape index (κ3) is 3.04. The summed E-state index contributed by atoms with van der Waals surface area (Å²) in [5, 5.41) is 0. The maximum absolute atomic E-state index is 5.57. The number of imidazole rings is 1. The Morgan fingerprint density at radius 3 is 2.81 bits per heavy atom. The molecule has 1 aromatic heterocycles. The SMILES string of the molecule is CCC(OC)C(Cc1nccn1CC)NN. The Hall–Kier alpha value is -0.910. The quantitative estimate of drug-likeness (QED) is 0.530. The van der Waals surface area contributed by atoms with Gasteiger partial charge in [0.2, 0.25) is 0 Å². The minimum absolute atomic E-state index is 0.0997. The Labute approximate surface area is 97.0 Å². The molecule has 0 bridgehead atoms. The third-order valence-corrected chi connectivity index (χ3v) is 2.91. The molecule has 1 rings (SSSR count). The zero-order valence-electron chi connectivity index (χ0n) is 10.3. The standard InChI is InChI=1S/C11H22N4O/c1-4-10(16-3)9(14-12)8-11-13-6-7-15(11)5-2/h6-7,9-10,14H,4-5,8,12H2,1-3H3. The van der Waals surface area contributed by atoms with E-state index in [1.54, 1.807) is 7.11 Å². The number of aromatic nitrogens is 2. The summed E-state index contributed by atoms with van der Waals surface area (Å²) in [6, 6.07) is 0.0997. The fourth-order valence-electron chi connectivity index (χ4n) is 1.93. The lowest BCUT2D eigenvalue weighted by molar-refractivity contribution is 0.0645. The molecule has 5 heteroatoms. The van der Waals surface area contributed by atoms with Gasteiger partial charge in [0.1, 0.15) is 5.82 Å². The fraction of sp³-hybridized carbons (Fsp3) is 0.727. The van der Waals surface area contributed by atoms with E-state index in [-0.39, 0.29) is 12.1 Å². The van der Waals surface area contributed by atoms with E-state index >= 15 is 0 Å². The lowest BCUT2D eigenvalue weighted by Gasteiger charge is -2.24. The van der Waals surface area contributed by atoms with Gasteiger partial charge in [0.15, 0.2) is 0 Å². The first-order chi connectivity index (χ1) is 7.76. The third-order valence-electron chi connectivity index (χ3n) is 2.91. The molecule has 0 amide bonds. The molecule has 2 unspecified atom stereocenters. The summed E-state index contributed by atoms with van der Waals surface area (Å²) in [6.45, 7) is 5.12. The normalized spacial score (nSPS) is 15.0. The number of methoxy groups -OCH3 is 1. The molecule has 0 spiro atoms. The summed E-state index contributed by atoms with van der Waals surface area (Å²) in [5.41, 5.74) is 2.82. The van der Waals surface area contributed by atoms with Gasteiger partial charge in [0.05, 0.1) is 12.1 Å². The van der Waals surface area contributed by atoms with Crippen LogP contribution < -0.4 is 11.3 Å². The average molecular weight is 226 g/mol. The first-order valence-electron chi connectivity index (χ1n) is 5.75. The highest BCUT2D eigenvalue weighted by Gasteiger charge is 2.20. The van der Waals surface area contributed by atoms with Gasteiger partial charge in [-0.3, -0.25) is 11.3 Å². The average Bonchev–Trinajstić information content (AvgIpc) is 2.76. The molecule has 0 aromatic carbocycles. The summed E-state index contributed by atoms with van der Waals surface area (Å²) in [6.07, 6.45) is 5.63. The van der Waals surface area contributed by atoms with Crippen molar-refractivity contribution < 1.29 is 4.74 Å². The van der Waals surface area contributed by atoms with Gasteiger partial charge in [0.25, 0.3) is 0 Å². The molecule has 1 aromatic rings. The van der Waals surface area contributed by atoms with Gasteiger partial charge in [-0.2, -0.15) is 0 Å². The van der Waals surface area contributed by atoms with Crippen LogP contribution >= 0.6 is 0 Å². The Morgan fingerprint density at radius 1 is 1.56 bits per heavy atom. The maximum atomic E-state index is 5.57. The van der Waals surface area contributed by atoms with Gasteiger partial charge in [-0.05, 0) is 13.3 Å². The molecule has 1 heterocycles. The smallest absolute Gasteiger partial charge is 0.110 e. The number of hydrazine groups is 1. The largest absolute Gasteiger partial charge is 0.380 e.